The molecule has 1 fully saturated rings. The number of rotatable bonds is 5. The van der Waals surface area contributed by atoms with Gasteiger partial charge in [-0.1, -0.05) is 6.07 Å². The average Bonchev–Trinajstić information content (AvgIpc) is 3.41. The number of pyridine rings is 1. The molecule has 8 nitrogen and oxygen atoms in total. The van der Waals surface area contributed by atoms with Gasteiger partial charge in [-0.2, -0.15) is 0 Å². The Balaban J connectivity index is 1.57. The number of fused-ring (bicyclic) bond motifs is 1. The number of aryl methyl sites for hydroxylation is 1. The monoisotopic (exact) mass is 367 g/mol. The molecule has 4 N–H and O–H groups in total. The number of hydrogen-bond acceptors (Lipinski definition) is 4. The molecule has 0 saturated heterocycles. The molecule has 4 rings (SSSR count). The number of nitrogens with one attached hydrogen (secondary N) is 4. The summed E-state index contributed by atoms with van der Waals surface area (Å²) >= 11 is 0. The van der Waals surface area contributed by atoms with Crippen LogP contribution in [0.1, 0.15) is 30.1 Å². The predicted molar refractivity (Wildman–Crippen MR) is 102 cm³/mol. The van der Waals surface area contributed by atoms with Crippen LogP contribution in [-0.2, 0) is 0 Å². The summed E-state index contributed by atoms with van der Waals surface area (Å²) < 4.78 is 5.34. The first-order valence-corrected chi connectivity index (χ1v) is 8.84. The van der Waals surface area contributed by atoms with Gasteiger partial charge in [-0.3, -0.25) is 4.98 Å². The molecule has 2 amide bonds. The van der Waals surface area contributed by atoms with E-state index < -0.39 is 0 Å². The molecule has 1 aliphatic carbocycles. The van der Waals surface area contributed by atoms with Gasteiger partial charge in [-0.05, 0) is 43.4 Å². The van der Waals surface area contributed by atoms with Crippen molar-refractivity contribution in [1.29, 1.82) is 0 Å². The summed E-state index contributed by atoms with van der Waals surface area (Å²) in [5, 5.41) is 5.87. The summed E-state index contributed by atoms with van der Waals surface area (Å²) in [5.41, 5.74) is 3.32. The van der Waals surface area contributed by atoms with Gasteiger partial charge in [0, 0.05) is 12.3 Å². The zero-order chi connectivity index (χ0) is 19.0. The van der Waals surface area contributed by atoms with Crippen molar-refractivity contribution in [1.82, 2.24) is 20.3 Å². The van der Waals surface area contributed by atoms with Crippen molar-refractivity contribution in [3.63, 3.8) is 0 Å². The highest BCUT2D eigenvalue weighted by atomic mass is 16.5. The second kappa shape index (κ2) is 6.79. The Morgan fingerprint density at radius 1 is 1.30 bits per heavy atom. The number of urea groups is 1. The van der Waals surface area contributed by atoms with Gasteiger partial charge in [-0.15, -0.1) is 0 Å². The lowest BCUT2D eigenvalue weighted by atomic mass is 10.0. The molecule has 3 aromatic rings. The molecule has 0 spiro atoms. The SMILES string of the molecule is COc1cc2[nH]c(=O)[nH]c2cc1NC(=O)N[C@H](c1ncccc1C)C1CC1. The van der Waals surface area contributed by atoms with E-state index in [1.165, 1.54) is 7.11 Å². The summed E-state index contributed by atoms with van der Waals surface area (Å²) in [6.07, 6.45) is 3.89. The Labute approximate surface area is 155 Å². The third-order valence-corrected chi connectivity index (χ3v) is 4.81. The maximum Gasteiger partial charge on any atom is 0.323 e. The maximum atomic E-state index is 12.7. The van der Waals surface area contributed by atoms with Crippen molar-refractivity contribution >= 4 is 22.8 Å². The van der Waals surface area contributed by atoms with Crippen LogP contribution in [0.4, 0.5) is 10.5 Å². The molecular weight excluding hydrogens is 346 g/mol. The maximum absolute atomic E-state index is 12.7. The molecule has 27 heavy (non-hydrogen) atoms. The Hall–Kier alpha value is -3.29. The molecule has 1 saturated carbocycles. The van der Waals surface area contributed by atoms with Crippen molar-refractivity contribution in [3.8, 4) is 5.75 Å². The number of nitrogens with zero attached hydrogens (tertiary/aromatic N) is 1. The largest absolute Gasteiger partial charge is 0.494 e. The van der Waals surface area contributed by atoms with E-state index in [9.17, 15) is 9.59 Å². The molecular formula is C19H21N5O3. The second-order valence-electron chi connectivity index (χ2n) is 6.80. The van der Waals surface area contributed by atoms with E-state index in [2.05, 4.69) is 25.6 Å². The molecule has 140 valence electrons. The van der Waals surface area contributed by atoms with E-state index in [0.29, 0.717) is 28.4 Å². The minimum atomic E-state index is -0.340. The van der Waals surface area contributed by atoms with Gasteiger partial charge in [0.1, 0.15) is 5.75 Å². The number of methoxy groups -OCH3 is 1. The van der Waals surface area contributed by atoms with E-state index in [-0.39, 0.29) is 17.8 Å². The van der Waals surface area contributed by atoms with E-state index in [1.54, 1.807) is 18.3 Å². The number of H-pyrrole nitrogens is 2. The van der Waals surface area contributed by atoms with Crippen molar-refractivity contribution < 1.29 is 9.53 Å². The molecule has 0 unspecified atom stereocenters. The fraction of sp³-hybridized carbons (Fsp3) is 0.316. The number of aromatic amines is 2. The number of ether oxygens (including phenoxy) is 1. The number of aromatic nitrogens is 3. The topological polar surface area (TPSA) is 112 Å². The van der Waals surface area contributed by atoms with Gasteiger partial charge in [0.05, 0.1) is 35.6 Å². The number of amides is 2. The summed E-state index contributed by atoms with van der Waals surface area (Å²) in [6.45, 7) is 2.00. The standard InChI is InChI=1S/C19H21N5O3/c1-10-4-3-7-20-16(10)17(11-5-6-11)24-19(26)23-14-8-12-13(9-15(14)27-2)22-18(25)21-12/h3-4,7-9,11,17H,5-6H2,1-2H3,(H2,21,22,25)(H2,23,24,26)/t17-/m0/s1. The lowest BCUT2D eigenvalue weighted by molar-refractivity contribution is 0.246. The summed E-state index contributed by atoms with van der Waals surface area (Å²) in [6, 6.07) is 6.76. The van der Waals surface area contributed by atoms with Crippen LogP contribution in [0.2, 0.25) is 0 Å². The van der Waals surface area contributed by atoms with Crippen molar-refractivity contribution in [3.05, 3.63) is 52.2 Å². The number of anilines is 1. The zero-order valence-electron chi connectivity index (χ0n) is 15.1. The molecule has 0 aliphatic heterocycles. The van der Waals surface area contributed by atoms with Gasteiger partial charge >= 0.3 is 11.7 Å². The number of carbonyl (C=O) groups excluding carboxylic acids is 1. The van der Waals surface area contributed by atoms with Crippen LogP contribution >= 0.6 is 0 Å². The van der Waals surface area contributed by atoms with Gasteiger partial charge < -0.3 is 25.3 Å². The Morgan fingerprint density at radius 2 is 2.04 bits per heavy atom. The lowest BCUT2D eigenvalue weighted by Gasteiger charge is -2.20. The molecule has 1 atom stereocenters. The highest BCUT2D eigenvalue weighted by molar-refractivity contribution is 5.94. The zero-order valence-corrected chi connectivity index (χ0v) is 15.1. The van der Waals surface area contributed by atoms with E-state index in [0.717, 1.165) is 24.1 Å². The van der Waals surface area contributed by atoms with Gasteiger partial charge in [0.2, 0.25) is 0 Å². The van der Waals surface area contributed by atoms with Gasteiger partial charge in [0.15, 0.2) is 0 Å². The Morgan fingerprint density at radius 3 is 2.70 bits per heavy atom. The Bertz CT molecular complexity index is 1050. The average molecular weight is 367 g/mol. The quantitative estimate of drug-likeness (QED) is 0.555. The molecule has 0 radical (unpaired) electrons. The third-order valence-electron chi connectivity index (χ3n) is 4.81. The van der Waals surface area contributed by atoms with Gasteiger partial charge in [0.25, 0.3) is 0 Å². The van der Waals surface area contributed by atoms with Crippen LogP contribution in [0.3, 0.4) is 0 Å². The van der Waals surface area contributed by atoms with Gasteiger partial charge in [-0.25, -0.2) is 9.59 Å². The minimum Gasteiger partial charge on any atom is -0.494 e. The fourth-order valence-electron chi connectivity index (χ4n) is 3.29. The summed E-state index contributed by atoms with van der Waals surface area (Å²) in [7, 11) is 1.51. The number of carbonyl (C=O) groups is 1. The van der Waals surface area contributed by atoms with Crippen LogP contribution < -0.4 is 21.1 Å². The number of benzene rings is 1. The predicted octanol–water partition coefficient (Wildman–Crippen LogP) is 2.84. The van der Waals surface area contributed by atoms with E-state index >= 15 is 0 Å². The molecule has 1 aliphatic rings. The van der Waals surface area contributed by atoms with Crippen LogP contribution in [0, 0.1) is 12.8 Å². The highest BCUT2D eigenvalue weighted by Gasteiger charge is 2.35. The molecule has 2 aromatic heterocycles. The van der Waals surface area contributed by atoms with Crippen LogP contribution in [-0.4, -0.2) is 28.1 Å². The van der Waals surface area contributed by atoms with Crippen LogP contribution in [0.25, 0.3) is 11.0 Å². The molecule has 8 heteroatoms. The first-order valence-electron chi connectivity index (χ1n) is 8.84. The third kappa shape index (κ3) is 3.51. The highest BCUT2D eigenvalue weighted by Crippen LogP contribution is 2.41. The fourth-order valence-corrected chi connectivity index (χ4v) is 3.29. The minimum absolute atomic E-state index is 0.131. The van der Waals surface area contributed by atoms with E-state index in [1.807, 2.05) is 19.1 Å². The molecule has 1 aromatic carbocycles. The molecule has 2 heterocycles. The first kappa shape index (κ1) is 17.1. The van der Waals surface area contributed by atoms with Crippen LogP contribution in [0.5, 0.6) is 5.75 Å². The van der Waals surface area contributed by atoms with E-state index in [4.69, 9.17) is 4.74 Å². The smallest absolute Gasteiger partial charge is 0.323 e. The first-order chi connectivity index (χ1) is 13.0. The molecule has 0 bridgehead atoms. The van der Waals surface area contributed by atoms with Crippen molar-refractivity contribution in [2.24, 2.45) is 5.92 Å². The Kier molecular flexibility index (Phi) is 4.31. The van der Waals surface area contributed by atoms with Crippen molar-refractivity contribution in [2.45, 2.75) is 25.8 Å². The normalized spacial score (nSPS) is 14.7. The summed E-state index contributed by atoms with van der Waals surface area (Å²) in [5.74, 6) is 0.861. The lowest BCUT2D eigenvalue weighted by Crippen LogP contribution is -2.34. The number of hydrogen-bond donors (Lipinski definition) is 4. The van der Waals surface area contributed by atoms with Crippen LogP contribution in [0.15, 0.2) is 35.3 Å². The summed E-state index contributed by atoms with van der Waals surface area (Å²) in [4.78, 5) is 34.0. The van der Waals surface area contributed by atoms with Crippen molar-refractivity contribution in [2.75, 3.05) is 12.4 Å². The second-order valence-corrected chi connectivity index (χ2v) is 6.80. The number of imidazole rings is 1.